The van der Waals surface area contributed by atoms with Crippen LogP contribution in [-0.2, 0) is 0 Å². The molecule has 2 unspecified atom stereocenters. The quantitative estimate of drug-likeness (QED) is 0.847. The van der Waals surface area contributed by atoms with Crippen LogP contribution in [0.1, 0.15) is 38.9 Å². The molecule has 2 heteroatoms. The van der Waals surface area contributed by atoms with Gasteiger partial charge in [0.25, 0.3) is 0 Å². The number of rotatable bonds is 2. The summed E-state index contributed by atoms with van der Waals surface area (Å²) in [6, 6.07) is 8.32. The molecule has 1 aromatic rings. The van der Waals surface area contributed by atoms with Crippen molar-refractivity contribution in [2.24, 2.45) is 11.8 Å². The topological polar surface area (TPSA) is 23.5 Å². The van der Waals surface area contributed by atoms with Gasteiger partial charge in [0.2, 0.25) is 0 Å². The smallest absolute Gasteiger partial charge is 0.0761 e. The van der Waals surface area contributed by atoms with Crippen molar-refractivity contribution < 1.29 is 5.11 Å². The van der Waals surface area contributed by atoms with Crippen molar-refractivity contribution in [1.82, 2.24) is 0 Å². The number of hydrogen-bond donors (Lipinski definition) is 1. The lowest BCUT2D eigenvalue weighted by Crippen LogP contribution is -2.38. The summed E-state index contributed by atoms with van der Waals surface area (Å²) in [7, 11) is 0. The minimum absolute atomic E-state index is 0.371. The zero-order valence-electron chi connectivity index (χ0n) is 11.1. The van der Waals surface area contributed by atoms with Gasteiger partial charge in [0.05, 0.1) is 6.10 Å². The fourth-order valence-electron chi connectivity index (χ4n) is 2.46. The van der Waals surface area contributed by atoms with E-state index >= 15 is 0 Å². The second-order valence-electron chi connectivity index (χ2n) is 5.46. The SMILES string of the molecule is CC1CCN(c2ccc([C@H](C)O)cc2)CC1C. The van der Waals surface area contributed by atoms with E-state index in [4.69, 9.17) is 0 Å². The molecule has 1 heterocycles. The third-order valence-corrected chi connectivity index (χ3v) is 4.07. The van der Waals surface area contributed by atoms with Gasteiger partial charge in [-0.25, -0.2) is 0 Å². The van der Waals surface area contributed by atoms with E-state index in [1.807, 2.05) is 12.1 Å². The summed E-state index contributed by atoms with van der Waals surface area (Å²) >= 11 is 0. The van der Waals surface area contributed by atoms with Gasteiger partial charge in [-0.05, 0) is 42.9 Å². The molecule has 1 N–H and O–H groups in total. The third kappa shape index (κ3) is 2.81. The van der Waals surface area contributed by atoms with Crippen LogP contribution in [0, 0.1) is 11.8 Å². The second kappa shape index (κ2) is 5.09. The van der Waals surface area contributed by atoms with E-state index in [-0.39, 0.29) is 6.10 Å². The van der Waals surface area contributed by atoms with E-state index in [1.54, 1.807) is 6.92 Å². The summed E-state index contributed by atoms with van der Waals surface area (Å²) in [6.07, 6.45) is 0.906. The maximum atomic E-state index is 9.49. The predicted molar refractivity (Wildman–Crippen MR) is 72.2 cm³/mol. The minimum Gasteiger partial charge on any atom is -0.389 e. The molecule has 1 fully saturated rings. The van der Waals surface area contributed by atoms with Crippen LogP contribution < -0.4 is 4.90 Å². The Morgan fingerprint density at radius 3 is 2.35 bits per heavy atom. The molecular formula is C15H23NO. The molecule has 0 spiro atoms. The fourth-order valence-corrected chi connectivity index (χ4v) is 2.46. The largest absolute Gasteiger partial charge is 0.389 e. The summed E-state index contributed by atoms with van der Waals surface area (Å²) in [5.41, 5.74) is 2.28. The first-order valence-electron chi connectivity index (χ1n) is 6.61. The van der Waals surface area contributed by atoms with Crippen molar-refractivity contribution in [3.05, 3.63) is 29.8 Å². The van der Waals surface area contributed by atoms with Gasteiger partial charge in [-0.1, -0.05) is 26.0 Å². The highest BCUT2D eigenvalue weighted by molar-refractivity contribution is 5.48. The molecule has 1 aliphatic heterocycles. The van der Waals surface area contributed by atoms with Gasteiger partial charge in [0, 0.05) is 18.8 Å². The van der Waals surface area contributed by atoms with Gasteiger partial charge in [0.1, 0.15) is 0 Å². The number of nitrogens with zero attached hydrogens (tertiary/aromatic N) is 1. The van der Waals surface area contributed by atoms with Crippen LogP contribution in [0.4, 0.5) is 5.69 Å². The lowest BCUT2D eigenvalue weighted by molar-refractivity contribution is 0.199. The summed E-state index contributed by atoms with van der Waals surface area (Å²) in [6.45, 7) is 8.79. The van der Waals surface area contributed by atoms with Crippen molar-refractivity contribution >= 4 is 5.69 Å². The molecule has 2 nitrogen and oxygen atoms in total. The molecule has 1 aliphatic rings. The average molecular weight is 233 g/mol. The molecule has 0 amide bonds. The minimum atomic E-state index is -0.371. The number of aliphatic hydroxyl groups is 1. The molecule has 0 radical (unpaired) electrons. The number of anilines is 1. The molecular weight excluding hydrogens is 210 g/mol. The highest BCUT2D eigenvalue weighted by Crippen LogP contribution is 2.27. The van der Waals surface area contributed by atoms with Gasteiger partial charge in [-0.15, -0.1) is 0 Å². The van der Waals surface area contributed by atoms with Crippen molar-refractivity contribution in [3.63, 3.8) is 0 Å². The monoisotopic (exact) mass is 233 g/mol. The Kier molecular flexibility index (Phi) is 3.72. The van der Waals surface area contributed by atoms with E-state index in [0.717, 1.165) is 30.5 Å². The standard InChI is InChI=1S/C15H23NO/c1-11-8-9-16(10-12(11)2)15-6-4-14(5-7-15)13(3)17/h4-7,11-13,17H,8-10H2,1-3H3/t11?,12?,13-/m0/s1. The molecule has 94 valence electrons. The van der Waals surface area contributed by atoms with Crippen LogP contribution in [0.3, 0.4) is 0 Å². The molecule has 0 saturated carbocycles. The van der Waals surface area contributed by atoms with E-state index in [1.165, 1.54) is 12.1 Å². The fraction of sp³-hybridized carbons (Fsp3) is 0.600. The Labute approximate surface area is 104 Å². The van der Waals surface area contributed by atoms with Gasteiger partial charge >= 0.3 is 0 Å². The van der Waals surface area contributed by atoms with Crippen molar-refractivity contribution in [2.75, 3.05) is 18.0 Å². The van der Waals surface area contributed by atoms with Crippen LogP contribution in [0.5, 0.6) is 0 Å². The van der Waals surface area contributed by atoms with Crippen molar-refractivity contribution in [3.8, 4) is 0 Å². The number of piperidine rings is 1. The lowest BCUT2D eigenvalue weighted by Gasteiger charge is -2.36. The Hall–Kier alpha value is -1.02. The molecule has 2 rings (SSSR count). The Morgan fingerprint density at radius 1 is 1.18 bits per heavy atom. The number of aliphatic hydroxyl groups excluding tert-OH is 1. The molecule has 1 aromatic carbocycles. The Bertz CT molecular complexity index is 358. The van der Waals surface area contributed by atoms with Crippen molar-refractivity contribution in [1.29, 1.82) is 0 Å². The summed E-state index contributed by atoms with van der Waals surface area (Å²) in [4.78, 5) is 2.45. The maximum Gasteiger partial charge on any atom is 0.0761 e. The molecule has 0 bridgehead atoms. The molecule has 1 saturated heterocycles. The maximum absolute atomic E-state index is 9.49. The normalized spacial score (nSPS) is 26.9. The lowest BCUT2D eigenvalue weighted by atomic mass is 9.88. The zero-order chi connectivity index (χ0) is 12.4. The first-order valence-corrected chi connectivity index (χ1v) is 6.61. The van der Waals surface area contributed by atoms with E-state index < -0.39 is 0 Å². The predicted octanol–water partition coefficient (Wildman–Crippen LogP) is 3.22. The van der Waals surface area contributed by atoms with Gasteiger partial charge in [-0.3, -0.25) is 0 Å². The first kappa shape index (κ1) is 12.4. The summed E-state index contributed by atoms with van der Waals surface area (Å²) in [5, 5.41) is 9.49. The summed E-state index contributed by atoms with van der Waals surface area (Å²) < 4.78 is 0. The Balaban J connectivity index is 2.07. The average Bonchev–Trinajstić information content (AvgIpc) is 2.33. The molecule has 0 aromatic heterocycles. The summed E-state index contributed by atoms with van der Waals surface area (Å²) in [5.74, 6) is 1.60. The van der Waals surface area contributed by atoms with Crippen LogP contribution in [0.15, 0.2) is 24.3 Å². The van der Waals surface area contributed by atoms with E-state index in [0.29, 0.717) is 0 Å². The third-order valence-electron chi connectivity index (χ3n) is 4.07. The first-order chi connectivity index (χ1) is 8.08. The molecule has 3 atom stereocenters. The van der Waals surface area contributed by atoms with Gasteiger partial charge < -0.3 is 10.0 Å². The van der Waals surface area contributed by atoms with Crippen molar-refractivity contribution in [2.45, 2.75) is 33.3 Å². The number of hydrogen-bond acceptors (Lipinski definition) is 2. The Morgan fingerprint density at radius 2 is 1.82 bits per heavy atom. The zero-order valence-corrected chi connectivity index (χ0v) is 11.1. The van der Waals surface area contributed by atoms with E-state index in [2.05, 4.69) is 30.9 Å². The highest BCUT2D eigenvalue weighted by atomic mass is 16.3. The van der Waals surface area contributed by atoms with Crippen LogP contribution in [0.2, 0.25) is 0 Å². The van der Waals surface area contributed by atoms with E-state index in [9.17, 15) is 5.11 Å². The molecule has 17 heavy (non-hydrogen) atoms. The van der Waals surface area contributed by atoms with Gasteiger partial charge in [-0.2, -0.15) is 0 Å². The highest BCUT2D eigenvalue weighted by Gasteiger charge is 2.22. The van der Waals surface area contributed by atoms with Gasteiger partial charge in [0.15, 0.2) is 0 Å². The number of benzene rings is 1. The molecule has 0 aliphatic carbocycles. The van der Waals surface area contributed by atoms with Crippen LogP contribution >= 0.6 is 0 Å². The second-order valence-corrected chi connectivity index (χ2v) is 5.46. The van der Waals surface area contributed by atoms with Crippen LogP contribution in [-0.4, -0.2) is 18.2 Å². The van der Waals surface area contributed by atoms with Crippen LogP contribution in [0.25, 0.3) is 0 Å².